The standard InChI is InChI=1S/C23H20ClN9O/c1-12-4-7-18(32(12)20-16(10-25)19(26)30-23(27)31-20)21-29-17-6-5-13(24)9-15(17)22(34)33(21)14-3-2-8-28-11-14/h2-3,5-6,8-9,11-12,18H,4,7H2,1H3,(H4,26,27,30,31)/t12-,18-/m0/s1. The maximum Gasteiger partial charge on any atom is 0.266 e. The minimum Gasteiger partial charge on any atom is -0.382 e. The van der Waals surface area contributed by atoms with Crippen molar-refractivity contribution in [2.75, 3.05) is 16.4 Å². The van der Waals surface area contributed by atoms with Gasteiger partial charge >= 0.3 is 0 Å². The molecule has 10 nitrogen and oxygen atoms in total. The van der Waals surface area contributed by atoms with Crippen LogP contribution in [0.25, 0.3) is 16.6 Å². The van der Waals surface area contributed by atoms with Crippen LogP contribution in [0, 0.1) is 11.3 Å². The van der Waals surface area contributed by atoms with Crippen LogP contribution in [0.2, 0.25) is 5.02 Å². The van der Waals surface area contributed by atoms with E-state index in [0.717, 1.165) is 6.42 Å². The first-order chi connectivity index (χ1) is 16.4. The number of anilines is 3. The van der Waals surface area contributed by atoms with Gasteiger partial charge in [-0.2, -0.15) is 15.2 Å². The van der Waals surface area contributed by atoms with Crippen molar-refractivity contribution in [3.05, 3.63) is 69.5 Å². The van der Waals surface area contributed by atoms with E-state index in [0.29, 0.717) is 39.7 Å². The summed E-state index contributed by atoms with van der Waals surface area (Å²) in [7, 11) is 0. The van der Waals surface area contributed by atoms with Crippen LogP contribution in [0.4, 0.5) is 17.6 Å². The number of benzene rings is 1. The summed E-state index contributed by atoms with van der Waals surface area (Å²) in [6.45, 7) is 2.02. The van der Waals surface area contributed by atoms with Crippen LogP contribution >= 0.6 is 11.6 Å². The van der Waals surface area contributed by atoms with Crippen molar-refractivity contribution in [2.45, 2.75) is 31.8 Å². The van der Waals surface area contributed by atoms with Crippen molar-refractivity contribution in [1.82, 2.24) is 24.5 Å². The average molecular weight is 474 g/mol. The quantitative estimate of drug-likeness (QED) is 0.457. The number of nitriles is 1. The number of pyridine rings is 1. The van der Waals surface area contributed by atoms with Gasteiger partial charge in [0.25, 0.3) is 5.56 Å². The minimum absolute atomic E-state index is 0.00797. The van der Waals surface area contributed by atoms with Crippen molar-refractivity contribution >= 4 is 40.1 Å². The van der Waals surface area contributed by atoms with Gasteiger partial charge in [0.2, 0.25) is 5.95 Å². The Labute approximate surface area is 199 Å². The second kappa shape index (κ2) is 8.28. The van der Waals surface area contributed by atoms with Crippen molar-refractivity contribution in [3.8, 4) is 11.8 Å². The highest BCUT2D eigenvalue weighted by molar-refractivity contribution is 6.31. The number of rotatable bonds is 3. The molecule has 0 bridgehead atoms. The zero-order chi connectivity index (χ0) is 24.0. The van der Waals surface area contributed by atoms with Crippen molar-refractivity contribution in [2.24, 2.45) is 0 Å². The SMILES string of the molecule is C[C@H]1CC[C@@H](c2nc3ccc(Cl)cc3c(=O)n2-c2cccnc2)N1c1nc(N)nc(N)c1C#N. The van der Waals surface area contributed by atoms with E-state index >= 15 is 0 Å². The molecule has 0 unspecified atom stereocenters. The summed E-state index contributed by atoms with van der Waals surface area (Å²) in [5.41, 5.74) is 12.8. The van der Waals surface area contributed by atoms with Crippen LogP contribution in [-0.4, -0.2) is 30.5 Å². The summed E-state index contributed by atoms with van der Waals surface area (Å²) in [6.07, 6.45) is 4.69. The lowest BCUT2D eigenvalue weighted by atomic mass is 10.1. The molecule has 11 heteroatoms. The number of hydrogen-bond donors (Lipinski definition) is 2. The van der Waals surface area contributed by atoms with Crippen molar-refractivity contribution in [1.29, 1.82) is 5.26 Å². The first-order valence-corrected chi connectivity index (χ1v) is 11.0. The number of nitrogens with zero attached hydrogens (tertiary/aromatic N) is 7. The fourth-order valence-electron chi connectivity index (χ4n) is 4.51. The molecule has 0 radical (unpaired) electrons. The second-order valence-corrected chi connectivity index (χ2v) is 8.55. The second-order valence-electron chi connectivity index (χ2n) is 8.11. The average Bonchev–Trinajstić information content (AvgIpc) is 3.20. The molecule has 0 spiro atoms. The number of hydrogen-bond acceptors (Lipinski definition) is 9. The Bertz CT molecular complexity index is 1510. The number of halogens is 1. The van der Waals surface area contributed by atoms with Gasteiger partial charge in [-0.15, -0.1) is 0 Å². The van der Waals surface area contributed by atoms with E-state index in [1.165, 1.54) is 0 Å². The molecule has 1 fully saturated rings. The van der Waals surface area contributed by atoms with Gasteiger partial charge in [0, 0.05) is 17.3 Å². The number of nitrogens with two attached hydrogens (primary N) is 2. The number of aromatic nitrogens is 5. The third kappa shape index (κ3) is 3.47. The zero-order valence-electron chi connectivity index (χ0n) is 18.2. The molecule has 1 aliphatic heterocycles. The number of nitrogen functional groups attached to an aromatic ring is 2. The van der Waals surface area contributed by atoms with Gasteiger partial charge in [-0.05, 0) is 50.1 Å². The molecule has 1 aromatic carbocycles. The highest BCUT2D eigenvalue weighted by Crippen LogP contribution is 2.41. The van der Waals surface area contributed by atoms with Gasteiger partial charge in [-0.25, -0.2) is 4.98 Å². The first kappa shape index (κ1) is 21.6. The van der Waals surface area contributed by atoms with Crippen molar-refractivity contribution in [3.63, 3.8) is 0 Å². The molecule has 34 heavy (non-hydrogen) atoms. The maximum atomic E-state index is 13.7. The van der Waals surface area contributed by atoms with E-state index in [-0.39, 0.29) is 35.0 Å². The summed E-state index contributed by atoms with van der Waals surface area (Å²) >= 11 is 6.18. The highest BCUT2D eigenvalue weighted by Gasteiger charge is 2.38. The van der Waals surface area contributed by atoms with Crippen LogP contribution in [-0.2, 0) is 0 Å². The molecular formula is C23H20ClN9O. The van der Waals surface area contributed by atoms with Gasteiger partial charge in [0.15, 0.2) is 5.82 Å². The zero-order valence-corrected chi connectivity index (χ0v) is 18.9. The van der Waals surface area contributed by atoms with Crippen LogP contribution in [0.15, 0.2) is 47.5 Å². The lowest BCUT2D eigenvalue weighted by Crippen LogP contribution is -2.36. The molecule has 0 aliphatic carbocycles. The third-order valence-electron chi connectivity index (χ3n) is 6.02. The van der Waals surface area contributed by atoms with E-state index in [2.05, 4.69) is 21.0 Å². The molecule has 3 aromatic heterocycles. The highest BCUT2D eigenvalue weighted by atomic mass is 35.5. The molecule has 4 N–H and O–H groups in total. The van der Waals surface area contributed by atoms with Gasteiger partial charge in [0.1, 0.15) is 23.3 Å². The van der Waals surface area contributed by atoms with Gasteiger partial charge in [-0.1, -0.05) is 11.6 Å². The Kier molecular flexibility index (Phi) is 5.26. The van der Waals surface area contributed by atoms with Gasteiger partial charge in [-0.3, -0.25) is 14.3 Å². The van der Waals surface area contributed by atoms with Crippen LogP contribution in [0.1, 0.15) is 37.2 Å². The largest absolute Gasteiger partial charge is 0.382 e. The topological polar surface area (TPSA) is 153 Å². The van der Waals surface area contributed by atoms with Crippen LogP contribution in [0.3, 0.4) is 0 Å². The third-order valence-corrected chi connectivity index (χ3v) is 6.25. The Morgan fingerprint density at radius 3 is 2.74 bits per heavy atom. The molecule has 2 atom stereocenters. The van der Waals surface area contributed by atoms with E-state index in [1.807, 2.05) is 11.8 Å². The molecule has 170 valence electrons. The normalized spacial score (nSPS) is 17.7. The van der Waals surface area contributed by atoms with Crippen molar-refractivity contribution < 1.29 is 0 Å². The maximum absolute atomic E-state index is 13.7. The molecule has 1 aliphatic rings. The lowest BCUT2D eigenvalue weighted by Gasteiger charge is -2.31. The summed E-state index contributed by atoms with van der Waals surface area (Å²) < 4.78 is 1.54. The summed E-state index contributed by atoms with van der Waals surface area (Å²) in [6, 6.07) is 10.3. The van der Waals surface area contributed by atoms with Gasteiger partial charge in [0.05, 0.1) is 28.8 Å². The smallest absolute Gasteiger partial charge is 0.266 e. The molecule has 4 aromatic rings. The van der Waals surface area contributed by atoms with Crippen LogP contribution in [0.5, 0.6) is 0 Å². The van der Waals surface area contributed by atoms with E-state index in [9.17, 15) is 10.1 Å². The lowest BCUT2D eigenvalue weighted by molar-refractivity contribution is 0.615. The Hall–Kier alpha value is -4.23. The summed E-state index contributed by atoms with van der Waals surface area (Å²) in [4.78, 5) is 33.0. The Balaban J connectivity index is 1.80. The minimum atomic E-state index is -0.385. The molecule has 5 rings (SSSR count). The fourth-order valence-corrected chi connectivity index (χ4v) is 4.68. The number of fused-ring (bicyclic) bond motifs is 1. The van der Waals surface area contributed by atoms with E-state index in [1.54, 1.807) is 47.3 Å². The Morgan fingerprint density at radius 2 is 2.00 bits per heavy atom. The fraction of sp³-hybridized carbons (Fsp3) is 0.217. The summed E-state index contributed by atoms with van der Waals surface area (Å²) in [5.74, 6) is 0.797. The molecular weight excluding hydrogens is 454 g/mol. The molecule has 1 saturated heterocycles. The van der Waals surface area contributed by atoms with Gasteiger partial charge < -0.3 is 16.4 Å². The molecule has 0 amide bonds. The van der Waals surface area contributed by atoms with E-state index in [4.69, 9.17) is 28.1 Å². The monoisotopic (exact) mass is 473 g/mol. The summed E-state index contributed by atoms with van der Waals surface area (Å²) in [5, 5.41) is 10.6. The molecule has 4 heterocycles. The van der Waals surface area contributed by atoms with E-state index < -0.39 is 0 Å². The molecule has 0 saturated carbocycles. The predicted octanol–water partition coefficient (Wildman–Crippen LogP) is 2.99. The first-order valence-electron chi connectivity index (χ1n) is 10.6. The van der Waals surface area contributed by atoms with Crippen LogP contribution < -0.4 is 21.9 Å². The predicted molar refractivity (Wildman–Crippen MR) is 130 cm³/mol. The Morgan fingerprint density at radius 1 is 1.18 bits per heavy atom.